The van der Waals surface area contributed by atoms with E-state index in [-0.39, 0.29) is 18.9 Å². The van der Waals surface area contributed by atoms with E-state index in [1.165, 1.54) is 13.2 Å². The van der Waals surface area contributed by atoms with Crippen LogP contribution >= 0.6 is 0 Å². The van der Waals surface area contributed by atoms with E-state index in [4.69, 9.17) is 28.1 Å². The first-order valence-corrected chi connectivity index (χ1v) is 16.4. The lowest BCUT2D eigenvalue weighted by molar-refractivity contribution is -0.391. The van der Waals surface area contributed by atoms with Crippen molar-refractivity contribution in [3.8, 4) is 0 Å². The summed E-state index contributed by atoms with van der Waals surface area (Å²) in [6, 6.07) is 1.80. The van der Waals surface area contributed by atoms with Gasteiger partial charge < -0.3 is 43.4 Å². The molecule has 2 saturated heterocycles. The van der Waals surface area contributed by atoms with Crippen LogP contribution in [0.3, 0.4) is 0 Å². The Hall–Kier alpha value is -2.84. The van der Waals surface area contributed by atoms with Crippen molar-refractivity contribution >= 4 is 23.7 Å². The minimum Gasteiger partial charge on any atom is -0.472 e. The van der Waals surface area contributed by atoms with Crippen LogP contribution in [0.15, 0.2) is 23.0 Å². The molecule has 4 saturated carbocycles. The minimum atomic E-state index is -1.66. The summed E-state index contributed by atoms with van der Waals surface area (Å²) in [6.45, 7) is 10.6. The van der Waals surface area contributed by atoms with Gasteiger partial charge >= 0.3 is 17.9 Å². The van der Waals surface area contributed by atoms with Gasteiger partial charge in [-0.3, -0.25) is 19.2 Å². The second-order valence-corrected chi connectivity index (χ2v) is 15.6. The van der Waals surface area contributed by atoms with Gasteiger partial charge in [0.1, 0.15) is 17.8 Å². The first kappa shape index (κ1) is 32.7. The normalized spacial score (nSPS) is 50.8. The van der Waals surface area contributed by atoms with Crippen LogP contribution in [0.4, 0.5) is 0 Å². The fourth-order valence-electron chi connectivity index (χ4n) is 11.4. The highest BCUT2D eigenvalue weighted by atomic mass is 16.7. The van der Waals surface area contributed by atoms with E-state index in [9.17, 15) is 29.7 Å². The van der Waals surface area contributed by atoms with Crippen LogP contribution in [0.25, 0.3) is 0 Å². The van der Waals surface area contributed by atoms with E-state index in [0.29, 0.717) is 6.42 Å². The van der Waals surface area contributed by atoms with Crippen LogP contribution in [-0.2, 0) is 42.9 Å². The zero-order chi connectivity index (χ0) is 34.2. The zero-order valence-electron chi connectivity index (χ0n) is 27.6. The van der Waals surface area contributed by atoms with E-state index in [2.05, 4.69) is 0 Å². The molecule has 258 valence electrons. The molecule has 15 unspecified atom stereocenters. The van der Waals surface area contributed by atoms with Crippen LogP contribution in [0.1, 0.15) is 72.8 Å². The van der Waals surface area contributed by atoms with Crippen molar-refractivity contribution in [3.05, 3.63) is 24.2 Å². The SMILES string of the molecule is CC(=O)OC1C(O)C2(C)C(OC(=O)C(C)C)OCC3(C1O)C2CC(O)C1(C)C3C(=O)C(OC(C)=O)C2(C)C(c3ccoc3)CC3OC321. The number of rotatable bonds is 5. The van der Waals surface area contributed by atoms with Gasteiger partial charge in [-0.2, -0.15) is 0 Å². The van der Waals surface area contributed by atoms with Gasteiger partial charge in [-0.25, -0.2) is 0 Å². The number of epoxide rings is 1. The topological polar surface area (TPSA) is 192 Å². The maximum absolute atomic E-state index is 15.3. The Labute approximate surface area is 272 Å². The summed E-state index contributed by atoms with van der Waals surface area (Å²) in [5.74, 6) is -5.63. The lowest BCUT2D eigenvalue weighted by atomic mass is 9.33. The van der Waals surface area contributed by atoms with Crippen molar-refractivity contribution in [2.75, 3.05) is 6.61 Å². The predicted molar refractivity (Wildman–Crippen MR) is 157 cm³/mol. The molecular weight excluding hydrogens is 616 g/mol. The third-order valence-electron chi connectivity index (χ3n) is 13.3. The molecule has 4 aliphatic carbocycles. The quantitative estimate of drug-likeness (QED) is 0.235. The summed E-state index contributed by atoms with van der Waals surface area (Å²) >= 11 is 0. The molecule has 1 aromatic rings. The smallest absolute Gasteiger partial charge is 0.310 e. The first-order chi connectivity index (χ1) is 21.9. The Kier molecular flexibility index (Phi) is 7.02. The number of hydrogen-bond donors (Lipinski definition) is 3. The van der Waals surface area contributed by atoms with Gasteiger partial charge in [0.25, 0.3) is 0 Å². The molecule has 6 aliphatic rings. The van der Waals surface area contributed by atoms with Gasteiger partial charge in [-0.15, -0.1) is 0 Å². The minimum absolute atomic E-state index is 0.0285. The molecule has 47 heavy (non-hydrogen) atoms. The van der Waals surface area contributed by atoms with Crippen molar-refractivity contribution < 1.29 is 62.6 Å². The van der Waals surface area contributed by atoms with Crippen LogP contribution < -0.4 is 0 Å². The largest absolute Gasteiger partial charge is 0.472 e. The summed E-state index contributed by atoms with van der Waals surface area (Å²) < 4.78 is 35.7. The summed E-state index contributed by atoms with van der Waals surface area (Å²) in [6.07, 6.45) is -5.62. The number of ketones is 1. The monoisotopic (exact) mass is 660 g/mol. The number of ether oxygens (including phenoxy) is 5. The maximum Gasteiger partial charge on any atom is 0.310 e. The van der Waals surface area contributed by atoms with Crippen molar-refractivity contribution in [1.29, 1.82) is 0 Å². The van der Waals surface area contributed by atoms with Crippen LogP contribution in [-0.4, -0.2) is 94.1 Å². The third-order valence-corrected chi connectivity index (χ3v) is 13.3. The molecule has 0 amide bonds. The molecule has 3 N–H and O–H groups in total. The summed E-state index contributed by atoms with van der Waals surface area (Å²) in [7, 11) is 0. The van der Waals surface area contributed by atoms with Crippen LogP contribution in [0.2, 0.25) is 0 Å². The Morgan fingerprint density at radius 1 is 0.957 bits per heavy atom. The van der Waals surface area contributed by atoms with Gasteiger partial charge in [-0.1, -0.05) is 34.6 Å². The molecule has 13 heteroatoms. The molecule has 7 rings (SSSR count). The highest BCUT2D eigenvalue weighted by molar-refractivity contribution is 5.93. The fourth-order valence-corrected chi connectivity index (χ4v) is 11.4. The number of carbonyl (C=O) groups is 4. The number of aliphatic hydroxyl groups excluding tert-OH is 3. The Balaban J connectivity index is 1.44. The van der Waals surface area contributed by atoms with Crippen LogP contribution in [0.5, 0.6) is 0 Å². The Morgan fingerprint density at radius 2 is 1.64 bits per heavy atom. The summed E-state index contributed by atoms with van der Waals surface area (Å²) in [5.41, 5.74) is -6.07. The average molecular weight is 661 g/mol. The molecule has 15 atom stereocenters. The lowest BCUT2D eigenvalue weighted by Crippen LogP contribution is -2.84. The summed E-state index contributed by atoms with van der Waals surface area (Å²) in [4.78, 5) is 53.4. The van der Waals surface area contributed by atoms with Crippen molar-refractivity contribution in [2.24, 2.45) is 39.4 Å². The molecule has 1 spiro atoms. The van der Waals surface area contributed by atoms with E-state index in [1.54, 1.807) is 40.0 Å². The number of esters is 3. The number of aliphatic hydroxyl groups is 3. The molecule has 0 aromatic carbocycles. The molecule has 6 fully saturated rings. The van der Waals surface area contributed by atoms with Crippen molar-refractivity contribution in [3.63, 3.8) is 0 Å². The number of Topliss-reactive ketones (excluding diaryl/α,β-unsaturated/α-hetero) is 1. The zero-order valence-corrected chi connectivity index (χ0v) is 27.6. The Bertz CT molecular complexity index is 1510. The van der Waals surface area contributed by atoms with E-state index in [1.807, 2.05) is 6.92 Å². The van der Waals surface area contributed by atoms with Gasteiger partial charge in [0.2, 0.25) is 6.29 Å². The third kappa shape index (κ3) is 3.67. The highest BCUT2D eigenvalue weighted by Gasteiger charge is 2.93. The standard InChI is InChI=1S/C34H44O13/c1-14(2)28(41)46-29-30(5)19-11-20(37)32(7)24(33(19,13-43-29)26(40)23(25(30)39)44-15(3)35)22(38)27(45-16(4)36)31(6)18(17-8-9-42-12-17)10-21-34(31,32)47-21/h8-9,12,14,18-21,23-27,29,37,39-40H,10-11,13H2,1-7H3. The predicted octanol–water partition coefficient (Wildman–Crippen LogP) is 1.64. The molecular formula is C34H44O13. The molecule has 13 nitrogen and oxygen atoms in total. The summed E-state index contributed by atoms with van der Waals surface area (Å²) in [5, 5.41) is 36.7. The molecule has 2 aliphatic heterocycles. The molecule has 3 heterocycles. The van der Waals surface area contributed by atoms with Crippen molar-refractivity contribution in [1.82, 2.24) is 0 Å². The van der Waals surface area contributed by atoms with Gasteiger partial charge in [0.15, 0.2) is 18.0 Å². The van der Waals surface area contributed by atoms with Crippen molar-refractivity contribution in [2.45, 2.75) is 116 Å². The molecule has 1 aromatic heterocycles. The second kappa shape index (κ2) is 10.1. The van der Waals surface area contributed by atoms with E-state index < -0.39 is 112 Å². The fraction of sp³-hybridized carbons (Fsp3) is 0.765. The Morgan fingerprint density at radius 3 is 2.23 bits per heavy atom. The average Bonchev–Trinajstić information content (AvgIpc) is 3.36. The van der Waals surface area contributed by atoms with E-state index in [0.717, 1.165) is 12.5 Å². The van der Waals surface area contributed by atoms with Gasteiger partial charge in [-0.05, 0) is 30.4 Å². The molecule has 2 bridgehead atoms. The van der Waals surface area contributed by atoms with Gasteiger partial charge in [0, 0.05) is 36.5 Å². The molecule has 0 radical (unpaired) electrons. The van der Waals surface area contributed by atoms with Crippen LogP contribution in [0, 0.1) is 39.4 Å². The maximum atomic E-state index is 15.3. The number of furan rings is 1. The number of carbonyl (C=O) groups excluding carboxylic acids is 4. The lowest BCUT2D eigenvalue weighted by Gasteiger charge is -2.73. The van der Waals surface area contributed by atoms with Gasteiger partial charge in [0.05, 0.1) is 48.1 Å². The number of hydrogen-bond acceptors (Lipinski definition) is 13. The van der Waals surface area contributed by atoms with E-state index >= 15 is 4.79 Å². The number of fused-ring (bicyclic) bond motifs is 1. The first-order valence-electron chi connectivity index (χ1n) is 16.4. The highest BCUT2D eigenvalue weighted by Crippen LogP contribution is 2.83. The second-order valence-electron chi connectivity index (χ2n) is 15.6.